The molecule has 18 heavy (non-hydrogen) atoms. The number of hydrogen-bond donors (Lipinski definition) is 2. The lowest BCUT2D eigenvalue weighted by Gasteiger charge is -2.08. The van der Waals surface area contributed by atoms with Crippen molar-refractivity contribution in [2.24, 2.45) is 0 Å². The Hall–Kier alpha value is -1.74. The van der Waals surface area contributed by atoms with Gasteiger partial charge in [0.05, 0.1) is 16.9 Å². The summed E-state index contributed by atoms with van der Waals surface area (Å²) in [6.07, 6.45) is 3.83. The van der Waals surface area contributed by atoms with Crippen molar-refractivity contribution < 1.29 is 0 Å². The number of aromatic nitrogens is 1. The van der Waals surface area contributed by atoms with Crippen LogP contribution in [0.5, 0.6) is 0 Å². The van der Waals surface area contributed by atoms with E-state index >= 15 is 0 Å². The van der Waals surface area contributed by atoms with Gasteiger partial charge < -0.3 is 11.1 Å². The van der Waals surface area contributed by atoms with Gasteiger partial charge in [-0.05, 0) is 30.2 Å². The fraction of sp³-hybridized carbons (Fsp3) is 0.214. The van der Waals surface area contributed by atoms with Crippen LogP contribution in [0.3, 0.4) is 0 Å². The summed E-state index contributed by atoms with van der Waals surface area (Å²) < 4.78 is 0. The van der Waals surface area contributed by atoms with E-state index in [0.29, 0.717) is 16.5 Å². The summed E-state index contributed by atoms with van der Waals surface area (Å²) in [5.74, 6) is 0.620. The maximum absolute atomic E-state index is 6.06. The lowest BCUT2D eigenvalue weighted by Crippen LogP contribution is -1.96. The quantitative estimate of drug-likeness (QED) is 0.874. The summed E-state index contributed by atoms with van der Waals surface area (Å²) in [7, 11) is 0. The minimum atomic E-state index is 0.521. The zero-order valence-electron chi connectivity index (χ0n) is 10.3. The number of nitrogens with two attached hydrogens (primary N) is 1. The highest BCUT2D eigenvalue weighted by molar-refractivity contribution is 6.33. The lowest BCUT2D eigenvalue weighted by atomic mass is 10.1. The lowest BCUT2D eigenvalue weighted by molar-refractivity contribution is 0.922. The zero-order valence-corrected chi connectivity index (χ0v) is 11.0. The first kappa shape index (κ1) is 12.7. The Labute approximate surface area is 112 Å². The highest BCUT2D eigenvalue weighted by atomic mass is 35.5. The summed E-state index contributed by atoms with van der Waals surface area (Å²) in [6.45, 7) is 2.17. The van der Waals surface area contributed by atoms with Crippen LogP contribution in [0.25, 0.3) is 0 Å². The van der Waals surface area contributed by atoms with Crippen molar-refractivity contribution in [3.63, 3.8) is 0 Å². The van der Waals surface area contributed by atoms with E-state index in [2.05, 4.69) is 29.4 Å². The average molecular weight is 262 g/mol. The summed E-state index contributed by atoms with van der Waals surface area (Å²) >= 11 is 6.06. The third-order valence-corrected chi connectivity index (χ3v) is 2.91. The van der Waals surface area contributed by atoms with Gasteiger partial charge in [0.25, 0.3) is 0 Å². The van der Waals surface area contributed by atoms with Gasteiger partial charge in [-0.3, -0.25) is 0 Å². The molecule has 3 nitrogen and oxygen atoms in total. The molecule has 1 aromatic carbocycles. The molecule has 0 saturated carbocycles. The summed E-state index contributed by atoms with van der Waals surface area (Å²) in [5.41, 5.74) is 8.46. The smallest absolute Gasteiger partial charge is 0.149 e. The Morgan fingerprint density at radius 2 is 2.00 bits per heavy atom. The number of halogens is 1. The van der Waals surface area contributed by atoms with Crippen molar-refractivity contribution in [1.82, 2.24) is 4.98 Å². The molecule has 0 fully saturated rings. The molecule has 0 saturated heterocycles. The number of nitrogens with one attached hydrogen (secondary N) is 1. The third kappa shape index (κ3) is 3.14. The number of nitrogen functional groups attached to an aromatic ring is 1. The number of anilines is 3. The number of rotatable bonds is 4. The molecule has 0 aliphatic heterocycles. The predicted octanol–water partition coefficient (Wildman–Crippen LogP) is 4.01. The van der Waals surface area contributed by atoms with Gasteiger partial charge in [-0.15, -0.1) is 0 Å². The molecule has 0 bridgehead atoms. The highest BCUT2D eigenvalue weighted by Crippen LogP contribution is 2.24. The van der Waals surface area contributed by atoms with Gasteiger partial charge in [0, 0.05) is 5.69 Å². The topological polar surface area (TPSA) is 50.9 Å². The third-order valence-electron chi connectivity index (χ3n) is 2.62. The number of benzene rings is 1. The Kier molecular flexibility index (Phi) is 4.05. The molecule has 0 atom stereocenters. The van der Waals surface area contributed by atoms with E-state index in [0.717, 1.165) is 18.5 Å². The predicted molar refractivity (Wildman–Crippen MR) is 77.4 cm³/mol. The van der Waals surface area contributed by atoms with Gasteiger partial charge in [0.15, 0.2) is 0 Å². The summed E-state index contributed by atoms with van der Waals surface area (Å²) in [5, 5.41) is 3.69. The fourth-order valence-electron chi connectivity index (χ4n) is 1.72. The Morgan fingerprint density at radius 1 is 1.28 bits per heavy atom. The standard InChI is InChI=1S/C14H16ClN3/c1-2-3-10-4-6-12(7-5-10)18-14-13(15)8-11(16)9-17-14/h4-9H,2-3,16H2,1H3,(H,17,18). The number of pyridine rings is 1. The molecule has 0 aliphatic carbocycles. The molecule has 1 heterocycles. The van der Waals surface area contributed by atoms with Gasteiger partial charge in [0.2, 0.25) is 0 Å². The van der Waals surface area contributed by atoms with E-state index in [1.54, 1.807) is 12.3 Å². The van der Waals surface area contributed by atoms with E-state index in [9.17, 15) is 0 Å². The first-order chi connectivity index (χ1) is 8.69. The Bertz CT molecular complexity index is 523. The van der Waals surface area contributed by atoms with Crippen LogP contribution in [0.4, 0.5) is 17.2 Å². The second-order valence-electron chi connectivity index (χ2n) is 4.17. The molecule has 0 unspecified atom stereocenters. The maximum atomic E-state index is 6.06. The van der Waals surface area contributed by atoms with Crippen LogP contribution in [0.15, 0.2) is 36.5 Å². The molecule has 0 aliphatic rings. The molecule has 3 N–H and O–H groups in total. The minimum absolute atomic E-state index is 0.521. The second kappa shape index (κ2) is 5.74. The minimum Gasteiger partial charge on any atom is -0.397 e. The Balaban J connectivity index is 2.13. The zero-order chi connectivity index (χ0) is 13.0. The number of aryl methyl sites for hydroxylation is 1. The molecule has 0 amide bonds. The first-order valence-corrected chi connectivity index (χ1v) is 6.34. The summed E-state index contributed by atoms with van der Waals surface area (Å²) in [4.78, 5) is 4.16. The van der Waals surface area contributed by atoms with E-state index < -0.39 is 0 Å². The van der Waals surface area contributed by atoms with Crippen molar-refractivity contribution >= 4 is 28.8 Å². The van der Waals surface area contributed by atoms with Crippen LogP contribution < -0.4 is 11.1 Å². The normalized spacial score (nSPS) is 10.3. The van der Waals surface area contributed by atoms with E-state index in [1.165, 1.54) is 5.56 Å². The molecule has 1 aromatic heterocycles. The highest BCUT2D eigenvalue weighted by Gasteiger charge is 2.02. The van der Waals surface area contributed by atoms with Crippen LogP contribution in [0.1, 0.15) is 18.9 Å². The monoisotopic (exact) mass is 261 g/mol. The summed E-state index contributed by atoms with van der Waals surface area (Å²) in [6, 6.07) is 9.95. The van der Waals surface area contributed by atoms with Crippen LogP contribution >= 0.6 is 11.6 Å². The van der Waals surface area contributed by atoms with E-state index in [-0.39, 0.29) is 0 Å². The van der Waals surface area contributed by atoms with Crippen molar-refractivity contribution in [2.45, 2.75) is 19.8 Å². The van der Waals surface area contributed by atoms with E-state index in [1.807, 2.05) is 12.1 Å². The van der Waals surface area contributed by atoms with Gasteiger partial charge in [-0.2, -0.15) is 0 Å². The second-order valence-corrected chi connectivity index (χ2v) is 4.58. The number of hydrogen-bond acceptors (Lipinski definition) is 3. The van der Waals surface area contributed by atoms with Crippen molar-refractivity contribution in [2.75, 3.05) is 11.1 Å². The maximum Gasteiger partial charge on any atom is 0.149 e. The first-order valence-electron chi connectivity index (χ1n) is 5.96. The molecule has 2 rings (SSSR count). The molecular formula is C14H16ClN3. The van der Waals surface area contributed by atoms with Crippen molar-refractivity contribution in [3.8, 4) is 0 Å². The molecular weight excluding hydrogens is 246 g/mol. The fourth-order valence-corrected chi connectivity index (χ4v) is 1.95. The van der Waals surface area contributed by atoms with Gasteiger partial charge in [-0.25, -0.2) is 4.98 Å². The van der Waals surface area contributed by atoms with Gasteiger partial charge in [-0.1, -0.05) is 37.1 Å². The van der Waals surface area contributed by atoms with Crippen molar-refractivity contribution in [1.29, 1.82) is 0 Å². The van der Waals surface area contributed by atoms with E-state index in [4.69, 9.17) is 17.3 Å². The van der Waals surface area contributed by atoms with Gasteiger partial charge in [0.1, 0.15) is 5.82 Å². The largest absolute Gasteiger partial charge is 0.397 e. The van der Waals surface area contributed by atoms with Crippen LogP contribution in [-0.2, 0) is 6.42 Å². The van der Waals surface area contributed by atoms with Gasteiger partial charge >= 0.3 is 0 Å². The SMILES string of the molecule is CCCc1ccc(Nc2ncc(N)cc2Cl)cc1. The average Bonchev–Trinajstić information content (AvgIpc) is 2.35. The molecule has 94 valence electrons. The van der Waals surface area contributed by atoms with Crippen LogP contribution in [-0.4, -0.2) is 4.98 Å². The Morgan fingerprint density at radius 3 is 2.61 bits per heavy atom. The molecule has 2 aromatic rings. The molecule has 4 heteroatoms. The van der Waals surface area contributed by atoms with Crippen LogP contribution in [0, 0.1) is 0 Å². The van der Waals surface area contributed by atoms with Crippen LogP contribution in [0.2, 0.25) is 5.02 Å². The van der Waals surface area contributed by atoms with Crippen molar-refractivity contribution in [3.05, 3.63) is 47.1 Å². The molecule has 0 radical (unpaired) electrons. The molecule has 0 spiro atoms. The number of nitrogens with zero attached hydrogens (tertiary/aromatic N) is 1.